The molecule has 1 aliphatic rings. The van der Waals surface area contributed by atoms with E-state index in [0.29, 0.717) is 5.92 Å². The molecule has 0 bridgehead atoms. The zero-order valence-electron chi connectivity index (χ0n) is 8.50. The van der Waals surface area contributed by atoms with Gasteiger partial charge in [0.15, 0.2) is 0 Å². The lowest BCUT2D eigenvalue weighted by molar-refractivity contribution is 0.444. The van der Waals surface area contributed by atoms with Crippen LogP contribution in [0.4, 0.5) is 11.4 Å². The lowest BCUT2D eigenvalue weighted by atomic mass is 9.84. The van der Waals surface area contributed by atoms with Gasteiger partial charge in [0.1, 0.15) is 0 Å². The van der Waals surface area contributed by atoms with Crippen molar-refractivity contribution < 1.29 is 0 Å². The molecule has 1 aromatic rings. The molecule has 0 saturated heterocycles. The molecule has 1 aliphatic carbocycles. The lowest BCUT2D eigenvalue weighted by Crippen LogP contribution is -2.05. The highest BCUT2D eigenvalue weighted by Crippen LogP contribution is 2.34. The molecular weight excluding hydrogens is 172 g/mol. The van der Waals surface area contributed by atoms with Crippen molar-refractivity contribution in [2.24, 2.45) is 0 Å². The van der Waals surface area contributed by atoms with Gasteiger partial charge in [0, 0.05) is 11.4 Å². The van der Waals surface area contributed by atoms with Crippen LogP contribution < -0.4 is 11.5 Å². The summed E-state index contributed by atoms with van der Waals surface area (Å²) in [4.78, 5) is 0. The standard InChI is InChI=1S/C12H18N2/c13-11-6-10(7-12(14)8-11)9-4-2-1-3-5-9/h6-9H,1-5,13-14H2. The Kier molecular flexibility index (Phi) is 2.62. The van der Waals surface area contributed by atoms with E-state index in [-0.39, 0.29) is 0 Å². The van der Waals surface area contributed by atoms with Gasteiger partial charge in [-0.05, 0) is 42.5 Å². The Hall–Kier alpha value is -1.18. The maximum atomic E-state index is 5.79. The van der Waals surface area contributed by atoms with Crippen LogP contribution in [0, 0.1) is 0 Å². The van der Waals surface area contributed by atoms with Crippen molar-refractivity contribution in [3.05, 3.63) is 23.8 Å². The second-order valence-electron chi connectivity index (χ2n) is 4.27. The van der Waals surface area contributed by atoms with Crippen molar-refractivity contribution in [3.63, 3.8) is 0 Å². The molecular formula is C12H18N2. The third-order valence-electron chi connectivity index (χ3n) is 3.08. The van der Waals surface area contributed by atoms with E-state index < -0.39 is 0 Å². The summed E-state index contributed by atoms with van der Waals surface area (Å²) < 4.78 is 0. The van der Waals surface area contributed by atoms with Gasteiger partial charge in [-0.25, -0.2) is 0 Å². The summed E-state index contributed by atoms with van der Waals surface area (Å²) in [7, 11) is 0. The number of anilines is 2. The van der Waals surface area contributed by atoms with Crippen LogP contribution in [0.1, 0.15) is 43.6 Å². The van der Waals surface area contributed by atoms with Crippen molar-refractivity contribution >= 4 is 11.4 Å². The van der Waals surface area contributed by atoms with E-state index >= 15 is 0 Å². The minimum Gasteiger partial charge on any atom is -0.399 e. The van der Waals surface area contributed by atoms with E-state index in [1.807, 2.05) is 6.07 Å². The summed E-state index contributed by atoms with van der Waals surface area (Å²) >= 11 is 0. The topological polar surface area (TPSA) is 52.0 Å². The Morgan fingerprint density at radius 1 is 0.857 bits per heavy atom. The number of nitrogens with two attached hydrogens (primary N) is 2. The van der Waals surface area contributed by atoms with Crippen LogP contribution in [0.2, 0.25) is 0 Å². The van der Waals surface area contributed by atoms with Crippen molar-refractivity contribution in [2.45, 2.75) is 38.0 Å². The Balaban J connectivity index is 2.21. The minimum atomic E-state index is 0.689. The van der Waals surface area contributed by atoms with Gasteiger partial charge in [0.2, 0.25) is 0 Å². The summed E-state index contributed by atoms with van der Waals surface area (Å²) in [6.45, 7) is 0. The van der Waals surface area contributed by atoms with Crippen LogP contribution >= 0.6 is 0 Å². The van der Waals surface area contributed by atoms with Gasteiger partial charge in [-0.1, -0.05) is 19.3 Å². The molecule has 1 fully saturated rings. The van der Waals surface area contributed by atoms with E-state index in [4.69, 9.17) is 11.5 Å². The number of rotatable bonds is 1. The first-order valence-electron chi connectivity index (χ1n) is 5.41. The van der Waals surface area contributed by atoms with Gasteiger partial charge in [-0.2, -0.15) is 0 Å². The van der Waals surface area contributed by atoms with Crippen molar-refractivity contribution in [1.29, 1.82) is 0 Å². The summed E-state index contributed by atoms with van der Waals surface area (Å²) in [6.07, 6.45) is 6.67. The molecule has 2 nitrogen and oxygen atoms in total. The average Bonchev–Trinajstić information content (AvgIpc) is 2.18. The smallest absolute Gasteiger partial charge is 0.0337 e. The molecule has 0 unspecified atom stereocenters. The Bertz CT molecular complexity index is 294. The fourth-order valence-corrected chi connectivity index (χ4v) is 2.37. The van der Waals surface area contributed by atoms with Crippen LogP contribution in [0.3, 0.4) is 0 Å². The van der Waals surface area contributed by atoms with Crippen LogP contribution in [0.25, 0.3) is 0 Å². The van der Waals surface area contributed by atoms with Crippen LogP contribution in [-0.2, 0) is 0 Å². The largest absolute Gasteiger partial charge is 0.399 e. The van der Waals surface area contributed by atoms with E-state index in [9.17, 15) is 0 Å². The van der Waals surface area contributed by atoms with E-state index in [0.717, 1.165) is 11.4 Å². The molecule has 76 valence electrons. The predicted molar refractivity (Wildman–Crippen MR) is 61.1 cm³/mol. The third-order valence-corrected chi connectivity index (χ3v) is 3.08. The second-order valence-corrected chi connectivity index (χ2v) is 4.27. The highest BCUT2D eigenvalue weighted by atomic mass is 14.6. The summed E-state index contributed by atoms with van der Waals surface area (Å²) in [5, 5.41) is 0. The number of hydrogen-bond acceptors (Lipinski definition) is 2. The van der Waals surface area contributed by atoms with Gasteiger partial charge < -0.3 is 11.5 Å². The summed E-state index contributed by atoms with van der Waals surface area (Å²) in [5.41, 5.74) is 14.5. The first-order valence-corrected chi connectivity index (χ1v) is 5.41. The molecule has 0 aliphatic heterocycles. The maximum Gasteiger partial charge on any atom is 0.0337 e. The Morgan fingerprint density at radius 2 is 1.43 bits per heavy atom. The van der Waals surface area contributed by atoms with Gasteiger partial charge in [-0.15, -0.1) is 0 Å². The molecule has 1 aromatic carbocycles. The van der Waals surface area contributed by atoms with E-state index in [2.05, 4.69) is 12.1 Å². The van der Waals surface area contributed by atoms with E-state index in [1.54, 1.807) is 0 Å². The van der Waals surface area contributed by atoms with Crippen LogP contribution in [-0.4, -0.2) is 0 Å². The Morgan fingerprint density at radius 3 is 2.00 bits per heavy atom. The first-order chi connectivity index (χ1) is 6.75. The number of hydrogen-bond donors (Lipinski definition) is 2. The molecule has 2 rings (SSSR count). The molecule has 0 heterocycles. The molecule has 14 heavy (non-hydrogen) atoms. The number of benzene rings is 1. The summed E-state index contributed by atoms with van der Waals surface area (Å²) in [5.74, 6) is 0.689. The Labute approximate surface area is 85.3 Å². The van der Waals surface area contributed by atoms with E-state index in [1.165, 1.54) is 37.7 Å². The van der Waals surface area contributed by atoms with Crippen molar-refractivity contribution in [1.82, 2.24) is 0 Å². The van der Waals surface area contributed by atoms with Gasteiger partial charge in [-0.3, -0.25) is 0 Å². The van der Waals surface area contributed by atoms with Crippen LogP contribution in [0.15, 0.2) is 18.2 Å². The summed E-state index contributed by atoms with van der Waals surface area (Å²) in [6, 6.07) is 5.98. The molecule has 2 heteroatoms. The molecule has 0 spiro atoms. The zero-order valence-corrected chi connectivity index (χ0v) is 8.50. The number of nitrogen functional groups attached to an aromatic ring is 2. The quantitative estimate of drug-likeness (QED) is 0.669. The molecule has 0 amide bonds. The molecule has 0 atom stereocenters. The van der Waals surface area contributed by atoms with Gasteiger partial charge in [0.25, 0.3) is 0 Å². The second kappa shape index (κ2) is 3.91. The van der Waals surface area contributed by atoms with Crippen molar-refractivity contribution in [2.75, 3.05) is 11.5 Å². The molecule has 1 saturated carbocycles. The zero-order chi connectivity index (χ0) is 9.97. The molecule has 0 radical (unpaired) electrons. The highest BCUT2D eigenvalue weighted by molar-refractivity contribution is 5.55. The molecule has 4 N–H and O–H groups in total. The minimum absolute atomic E-state index is 0.689. The highest BCUT2D eigenvalue weighted by Gasteiger charge is 2.15. The fourth-order valence-electron chi connectivity index (χ4n) is 2.37. The maximum absolute atomic E-state index is 5.79. The van der Waals surface area contributed by atoms with Gasteiger partial charge >= 0.3 is 0 Å². The van der Waals surface area contributed by atoms with Crippen LogP contribution in [0.5, 0.6) is 0 Å². The third kappa shape index (κ3) is 2.00. The normalized spacial score (nSPS) is 18.3. The lowest BCUT2D eigenvalue weighted by Gasteiger charge is -2.22. The molecule has 0 aromatic heterocycles. The average molecular weight is 190 g/mol. The van der Waals surface area contributed by atoms with Crippen molar-refractivity contribution in [3.8, 4) is 0 Å². The predicted octanol–water partition coefficient (Wildman–Crippen LogP) is 2.90. The van der Waals surface area contributed by atoms with Gasteiger partial charge in [0.05, 0.1) is 0 Å². The first kappa shape index (κ1) is 9.38. The fraction of sp³-hybridized carbons (Fsp3) is 0.500. The monoisotopic (exact) mass is 190 g/mol. The SMILES string of the molecule is Nc1cc(N)cc(C2CCCCC2)c1.